The highest BCUT2D eigenvalue weighted by Gasteiger charge is 2.13. The third-order valence-corrected chi connectivity index (χ3v) is 4.42. The topological polar surface area (TPSA) is 37.8 Å². The van der Waals surface area contributed by atoms with Gasteiger partial charge in [0.25, 0.3) is 0 Å². The summed E-state index contributed by atoms with van der Waals surface area (Å²) < 4.78 is 0. The lowest BCUT2D eigenvalue weighted by Crippen LogP contribution is -2.21. The number of aromatic nitrogens is 2. The Hall–Kier alpha value is -0.480. The van der Waals surface area contributed by atoms with E-state index in [1.54, 1.807) is 11.3 Å². The molecule has 4 heteroatoms. The number of hydrogen-bond donors (Lipinski definition) is 1. The van der Waals surface area contributed by atoms with Crippen molar-refractivity contribution >= 4 is 11.3 Å². The van der Waals surface area contributed by atoms with Gasteiger partial charge in [0.15, 0.2) is 0 Å². The molecule has 1 atom stereocenters. The zero-order valence-electron chi connectivity index (χ0n) is 12.7. The van der Waals surface area contributed by atoms with Crippen molar-refractivity contribution in [1.82, 2.24) is 15.5 Å². The molecule has 3 nitrogen and oxygen atoms in total. The number of nitrogens with one attached hydrogen (secondary N) is 1. The molecule has 0 radical (unpaired) electrons. The second-order valence-corrected chi connectivity index (χ2v) is 6.21. The van der Waals surface area contributed by atoms with E-state index in [9.17, 15) is 0 Å². The molecule has 0 saturated heterocycles. The van der Waals surface area contributed by atoms with E-state index in [0.29, 0.717) is 6.04 Å². The highest BCUT2D eigenvalue weighted by Crippen LogP contribution is 2.22. The first-order chi connectivity index (χ1) is 9.31. The van der Waals surface area contributed by atoms with Gasteiger partial charge in [-0.05, 0) is 25.8 Å². The van der Waals surface area contributed by atoms with Gasteiger partial charge in [-0.1, -0.05) is 57.8 Å². The molecule has 0 aliphatic carbocycles. The predicted octanol–water partition coefficient (Wildman–Crippen LogP) is 4.50. The van der Waals surface area contributed by atoms with E-state index in [-0.39, 0.29) is 0 Å². The third-order valence-electron chi connectivity index (χ3n) is 3.32. The molecule has 0 amide bonds. The summed E-state index contributed by atoms with van der Waals surface area (Å²) in [4.78, 5) is 0. The summed E-state index contributed by atoms with van der Waals surface area (Å²) in [6.07, 6.45) is 9.97. The molecular weight excluding hydrogens is 254 g/mol. The van der Waals surface area contributed by atoms with Gasteiger partial charge in [-0.15, -0.1) is 10.2 Å². The monoisotopic (exact) mass is 283 g/mol. The van der Waals surface area contributed by atoms with Gasteiger partial charge in [0.2, 0.25) is 0 Å². The van der Waals surface area contributed by atoms with Gasteiger partial charge in [0.1, 0.15) is 10.0 Å². The first-order valence-electron chi connectivity index (χ1n) is 7.87. The van der Waals surface area contributed by atoms with Crippen molar-refractivity contribution in [3.05, 3.63) is 10.0 Å². The van der Waals surface area contributed by atoms with E-state index < -0.39 is 0 Å². The van der Waals surface area contributed by atoms with Crippen LogP contribution in [-0.2, 0) is 6.42 Å². The number of hydrogen-bond acceptors (Lipinski definition) is 4. The number of nitrogens with zero attached hydrogens (tertiary/aromatic N) is 2. The minimum absolute atomic E-state index is 0.395. The number of aryl methyl sites for hydroxylation is 1. The molecule has 0 saturated carbocycles. The first kappa shape index (κ1) is 16.6. The van der Waals surface area contributed by atoms with Crippen LogP contribution in [0.5, 0.6) is 0 Å². The van der Waals surface area contributed by atoms with Crippen LogP contribution in [0.3, 0.4) is 0 Å². The van der Waals surface area contributed by atoms with Gasteiger partial charge in [-0.25, -0.2) is 0 Å². The van der Waals surface area contributed by atoms with Gasteiger partial charge in [0, 0.05) is 6.42 Å². The van der Waals surface area contributed by atoms with E-state index >= 15 is 0 Å². The summed E-state index contributed by atoms with van der Waals surface area (Å²) in [6, 6.07) is 0.395. The largest absolute Gasteiger partial charge is 0.308 e. The van der Waals surface area contributed by atoms with E-state index in [1.165, 1.54) is 48.5 Å². The second-order valence-electron chi connectivity index (χ2n) is 5.11. The lowest BCUT2D eigenvalue weighted by atomic mass is 10.1. The summed E-state index contributed by atoms with van der Waals surface area (Å²) >= 11 is 1.80. The quantitative estimate of drug-likeness (QED) is 0.608. The van der Waals surface area contributed by atoms with Crippen molar-refractivity contribution in [3.63, 3.8) is 0 Å². The summed E-state index contributed by atoms with van der Waals surface area (Å²) in [6.45, 7) is 7.72. The molecule has 0 spiro atoms. The molecule has 1 heterocycles. The Bertz CT molecular complexity index is 325. The fourth-order valence-corrected chi connectivity index (χ4v) is 3.16. The van der Waals surface area contributed by atoms with Crippen LogP contribution in [0.2, 0.25) is 0 Å². The van der Waals surface area contributed by atoms with Crippen LogP contribution < -0.4 is 5.32 Å². The fraction of sp³-hybridized carbons (Fsp3) is 0.867. The van der Waals surface area contributed by atoms with E-state index in [2.05, 4.69) is 36.3 Å². The Morgan fingerprint density at radius 2 is 1.79 bits per heavy atom. The second kappa shape index (κ2) is 10.3. The number of rotatable bonds is 11. The van der Waals surface area contributed by atoms with Crippen LogP contribution in [0.4, 0.5) is 0 Å². The molecule has 0 aliphatic heterocycles. The minimum Gasteiger partial charge on any atom is -0.308 e. The molecule has 1 N–H and O–H groups in total. The van der Waals surface area contributed by atoms with Crippen molar-refractivity contribution in [2.24, 2.45) is 0 Å². The molecule has 0 fully saturated rings. The van der Waals surface area contributed by atoms with Crippen LogP contribution >= 0.6 is 11.3 Å². The van der Waals surface area contributed by atoms with Crippen molar-refractivity contribution in [3.8, 4) is 0 Å². The Morgan fingerprint density at radius 1 is 1.00 bits per heavy atom. The van der Waals surface area contributed by atoms with Crippen molar-refractivity contribution in [2.75, 3.05) is 6.54 Å². The third kappa shape index (κ3) is 6.48. The van der Waals surface area contributed by atoms with Gasteiger partial charge < -0.3 is 5.32 Å². The van der Waals surface area contributed by atoms with Gasteiger partial charge >= 0.3 is 0 Å². The zero-order valence-corrected chi connectivity index (χ0v) is 13.6. The first-order valence-corrected chi connectivity index (χ1v) is 8.69. The fourth-order valence-electron chi connectivity index (χ4n) is 2.11. The lowest BCUT2D eigenvalue weighted by Gasteiger charge is -2.12. The standard InChI is InChI=1S/C15H29N3S/c1-4-7-8-9-10-11-14-17-18-15(19-14)13(6-3)16-12-5-2/h13,16H,4-12H2,1-3H3. The summed E-state index contributed by atoms with van der Waals surface area (Å²) in [5.74, 6) is 0. The lowest BCUT2D eigenvalue weighted by molar-refractivity contribution is 0.512. The molecule has 19 heavy (non-hydrogen) atoms. The maximum absolute atomic E-state index is 4.36. The maximum Gasteiger partial charge on any atom is 0.134 e. The number of unbranched alkanes of at least 4 members (excludes halogenated alkanes) is 4. The maximum atomic E-state index is 4.36. The Labute approximate surface area is 122 Å². The Balaban J connectivity index is 2.33. The molecule has 1 rings (SSSR count). The highest BCUT2D eigenvalue weighted by atomic mass is 32.1. The van der Waals surface area contributed by atoms with Crippen LogP contribution in [0.1, 0.15) is 81.8 Å². The predicted molar refractivity (Wildman–Crippen MR) is 83.7 cm³/mol. The molecule has 1 aromatic rings. The van der Waals surface area contributed by atoms with Crippen molar-refractivity contribution < 1.29 is 0 Å². The molecule has 0 bridgehead atoms. The van der Waals surface area contributed by atoms with E-state index in [1.807, 2.05) is 0 Å². The molecule has 0 aromatic carbocycles. The molecule has 1 unspecified atom stereocenters. The SMILES string of the molecule is CCCCCCCc1nnc(C(CC)NCCC)s1. The normalized spacial score (nSPS) is 12.8. The van der Waals surface area contributed by atoms with Gasteiger partial charge in [0.05, 0.1) is 6.04 Å². The zero-order chi connectivity index (χ0) is 13.9. The molecule has 0 aliphatic rings. The average molecular weight is 283 g/mol. The van der Waals surface area contributed by atoms with Crippen molar-refractivity contribution in [2.45, 2.75) is 78.2 Å². The molecular formula is C15H29N3S. The summed E-state index contributed by atoms with van der Waals surface area (Å²) in [5, 5.41) is 14.6. The Kier molecular flexibility index (Phi) is 9.01. The van der Waals surface area contributed by atoms with E-state index in [0.717, 1.165) is 19.4 Å². The summed E-state index contributed by atoms with van der Waals surface area (Å²) in [5.41, 5.74) is 0. The molecule has 1 aromatic heterocycles. The molecule has 110 valence electrons. The van der Waals surface area contributed by atoms with E-state index in [4.69, 9.17) is 0 Å². The van der Waals surface area contributed by atoms with Crippen molar-refractivity contribution in [1.29, 1.82) is 0 Å². The van der Waals surface area contributed by atoms with Crippen LogP contribution in [0.25, 0.3) is 0 Å². The smallest absolute Gasteiger partial charge is 0.134 e. The highest BCUT2D eigenvalue weighted by molar-refractivity contribution is 7.11. The average Bonchev–Trinajstić information content (AvgIpc) is 2.88. The minimum atomic E-state index is 0.395. The van der Waals surface area contributed by atoms with Crippen LogP contribution in [0.15, 0.2) is 0 Å². The van der Waals surface area contributed by atoms with Crippen LogP contribution in [-0.4, -0.2) is 16.7 Å². The van der Waals surface area contributed by atoms with Crippen LogP contribution in [0, 0.1) is 0 Å². The van der Waals surface area contributed by atoms with Gasteiger partial charge in [-0.2, -0.15) is 0 Å². The van der Waals surface area contributed by atoms with Gasteiger partial charge in [-0.3, -0.25) is 0 Å². The Morgan fingerprint density at radius 3 is 2.47 bits per heavy atom. The summed E-state index contributed by atoms with van der Waals surface area (Å²) in [7, 11) is 0.